The van der Waals surface area contributed by atoms with Crippen molar-refractivity contribution in [1.29, 1.82) is 0 Å². The summed E-state index contributed by atoms with van der Waals surface area (Å²) in [6.45, 7) is 3.14. The van der Waals surface area contributed by atoms with Crippen LogP contribution in [0.2, 0.25) is 0 Å². The van der Waals surface area contributed by atoms with Gasteiger partial charge < -0.3 is 4.74 Å². The van der Waals surface area contributed by atoms with Crippen LogP contribution in [0, 0.1) is 3.57 Å². The topological polar surface area (TPSA) is 26.3 Å². The van der Waals surface area contributed by atoms with Crippen LogP contribution in [0.15, 0.2) is 12.1 Å². The van der Waals surface area contributed by atoms with Crippen LogP contribution in [0.4, 0.5) is 13.2 Å². The molecule has 0 amide bonds. The summed E-state index contributed by atoms with van der Waals surface area (Å²) in [6, 6.07) is 2.19. The first kappa shape index (κ1) is 14.3. The molecule has 0 atom stereocenters. The third-order valence-corrected chi connectivity index (χ3v) is 3.16. The fourth-order valence-electron chi connectivity index (χ4n) is 1.27. The van der Waals surface area contributed by atoms with Crippen LogP contribution < -0.4 is 4.74 Å². The lowest BCUT2D eigenvalue weighted by atomic mass is 10.1. The highest BCUT2D eigenvalue weighted by Crippen LogP contribution is 2.38. The summed E-state index contributed by atoms with van der Waals surface area (Å²) in [7, 11) is 0. The molecule has 0 unspecified atom stereocenters. The van der Waals surface area contributed by atoms with E-state index in [1.54, 1.807) is 29.5 Å². The van der Waals surface area contributed by atoms with Crippen molar-refractivity contribution < 1.29 is 22.7 Å². The van der Waals surface area contributed by atoms with Crippen LogP contribution >= 0.6 is 22.6 Å². The van der Waals surface area contributed by atoms with E-state index in [-0.39, 0.29) is 21.5 Å². The van der Waals surface area contributed by atoms with Gasteiger partial charge >= 0.3 is 6.18 Å². The molecule has 2 nitrogen and oxygen atoms in total. The van der Waals surface area contributed by atoms with Gasteiger partial charge in [-0.05, 0) is 48.6 Å². The molecule has 1 aromatic rings. The number of carbonyl (C=O) groups is 1. The van der Waals surface area contributed by atoms with Crippen LogP contribution in [0.3, 0.4) is 0 Å². The first-order valence-electron chi connectivity index (χ1n) is 4.81. The standard InChI is InChI=1S/C11H10F3IO2/c1-3-17-9-5-7(6(2)16)4-8(10(9)15)11(12,13)14/h4-5H,3H2,1-2H3. The number of halogens is 4. The van der Waals surface area contributed by atoms with Gasteiger partial charge in [-0.25, -0.2) is 0 Å². The highest BCUT2D eigenvalue weighted by molar-refractivity contribution is 14.1. The number of ketones is 1. The van der Waals surface area contributed by atoms with Gasteiger partial charge in [0.15, 0.2) is 5.78 Å². The van der Waals surface area contributed by atoms with E-state index in [9.17, 15) is 18.0 Å². The number of alkyl halides is 3. The van der Waals surface area contributed by atoms with Gasteiger partial charge in [0.05, 0.1) is 15.7 Å². The van der Waals surface area contributed by atoms with E-state index < -0.39 is 17.5 Å². The number of rotatable bonds is 3. The third kappa shape index (κ3) is 3.34. The zero-order chi connectivity index (χ0) is 13.2. The molecule has 0 spiro atoms. The van der Waals surface area contributed by atoms with Crippen molar-refractivity contribution in [3.8, 4) is 5.75 Å². The zero-order valence-electron chi connectivity index (χ0n) is 9.19. The van der Waals surface area contributed by atoms with E-state index in [2.05, 4.69) is 0 Å². The predicted octanol–water partition coefficient (Wildman–Crippen LogP) is 3.91. The van der Waals surface area contributed by atoms with Crippen LogP contribution in [-0.4, -0.2) is 12.4 Å². The van der Waals surface area contributed by atoms with Crippen molar-refractivity contribution in [3.63, 3.8) is 0 Å². The summed E-state index contributed by atoms with van der Waals surface area (Å²) in [6.07, 6.45) is -4.49. The molecule has 1 aromatic carbocycles. The van der Waals surface area contributed by atoms with E-state index in [1.807, 2.05) is 0 Å². The smallest absolute Gasteiger partial charge is 0.417 e. The van der Waals surface area contributed by atoms with Crippen molar-refractivity contribution in [2.75, 3.05) is 6.61 Å². The predicted molar refractivity (Wildman–Crippen MR) is 65.3 cm³/mol. The molecule has 0 fully saturated rings. The summed E-state index contributed by atoms with van der Waals surface area (Å²) < 4.78 is 43.3. The molecule has 0 aliphatic rings. The second-order valence-corrected chi connectivity index (χ2v) is 4.40. The normalized spacial score (nSPS) is 11.4. The highest BCUT2D eigenvalue weighted by atomic mass is 127. The molecule has 0 heterocycles. The van der Waals surface area contributed by atoms with Gasteiger partial charge in [0.25, 0.3) is 0 Å². The molecule has 0 radical (unpaired) electrons. The summed E-state index contributed by atoms with van der Waals surface area (Å²) in [5, 5.41) is 0. The molecule has 0 saturated heterocycles. The number of carbonyl (C=O) groups excluding carboxylic acids is 1. The zero-order valence-corrected chi connectivity index (χ0v) is 11.3. The summed E-state index contributed by atoms with van der Waals surface area (Å²) in [4.78, 5) is 11.2. The second-order valence-electron chi connectivity index (χ2n) is 3.32. The molecule has 0 N–H and O–H groups in total. The Morgan fingerprint density at radius 2 is 2.00 bits per heavy atom. The third-order valence-electron chi connectivity index (χ3n) is 2.05. The Hall–Kier alpha value is -0.790. The number of benzene rings is 1. The van der Waals surface area contributed by atoms with Gasteiger partial charge in [0.1, 0.15) is 5.75 Å². The van der Waals surface area contributed by atoms with Gasteiger partial charge in [-0.3, -0.25) is 4.79 Å². The SMILES string of the molecule is CCOc1cc(C(C)=O)cc(C(F)(F)F)c1I. The van der Waals surface area contributed by atoms with Gasteiger partial charge in [0, 0.05) is 5.56 Å². The largest absolute Gasteiger partial charge is 0.493 e. The lowest BCUT2D eigenvalue weighted by Gasteiger charge is -2.14. The molecular weight excluding hydrogens is 348 g/mol. The van der Waals surface area contributed by atoms with Crippen molar-refractivity contribution in [3.05, 3.63) is 26.8 Å². The van der Waals surface area contributed by atoms with Gasteiger partial charge in [-0.1, -0.05) is 0 Å². The van der Waals surface area contributed by atoms with E-state index in [4.69, 9.17) is 4.74 Å². The quantitative estimate of drug-likeness (QED) is 0.605. The molecule has 1 rings (SSSR count). The molecule has 0 aromatic heterocycles. The van der Waals surface area contributed by atoms with Crippen molar-refractivity contribution >= 4 is 28.4 Å². The Morgan fingerprint density at radius 3 is 2.41 bits per heavy atom. The monoisotopic (exact) mass is 358 g/mol. The van der Waals surface area contributed by atoms with Gasteiger partial charge in [-0.2, -0.15) is 13.2 Å². The average molecular weight is 358 g/mol. The molecule has 94 valence electrons. The van der Waals surface area contributed by atoms with E-state index in [0.717, 1.165) is 6.07 Å². The molecule has 0 bridgehead atoms. The fraction of sp³-hybridized carbons (Fsp3) is 0.364. The Kier molecular flexibility index (Phi) is 4.40. The number of Topliss-reactive ketones (excluding diaryl/α,β-unsaturated/α-hetero) is 1. The maximum absolute atomic E-state index is 12.7. The first-order chi connectivity index (χ1) is 7.77. The van der Waals surface area contributed by atoms with Crippen molar-refractivity contribution in [2.45, 2.75) is 20.0 Å². The van der Waals surface area contributed by atoms with E-state index in [1.165, 1.54) is 13.0 Å². The van der Waals surface area contributed by atoms with E-state index in [0.29, 0.717) is 0 Å². The van der Waals surface area contributed by atoms with Gasteiger partial charge in [0.2, 0.25) is 0 Å². The fourth-order valence-corrected chi connectivity index (χ4v) is 2.04. The average Bonchev–Trinajstić information content (AvgIpc) is 2.19. The summed E-state index contributed by atoms with van der Waals surface area (Å²) in [5.74, 6) is -0.332. The molecule has 0 aliphatic carbocycles. The van der Waals surface area contributed by atoms with Crippen molar-refractivity contribution in [2.24, 2.45) is 0 Å². The Morgan fingerprint density at radius 1 is 1.41 bits per heavy atom. The Bertz CT molecular complexity index is 441. The molecule has 17 heavy (non-hydrogen) atoms. The van der Waals surface area contributed by atoms with E-state index >= 15 is 0 Å². The highest BCUT2D eigenvalue weighted by Gasteiger charge is 2.35. The lowest BCUT2D eigenvalue weighted by molar-refractivity contribution is -0.138. The van der Waals surface area contributed by atoms with Crippen molar-refractivity contribution in [1.82, 2.24) is 0 Å². The lowest BCUT2D eigenvalue weighted by Crippen LogP contribution is -2.11. The van der Waals surface area contributed by atoms with Gasteiger partial charge in [-0.15, -0.1) is 0 Å². The minimum absolute atomic E-state index is 0.00110. The summed E-state index contributed by atoms with van der Waals surface area (Å²) >= 11 is 1.57. The maximum atomic E-state index is 12.7. The Balaban J connectivity index is 3.43. The van der Waals surface area contributed by atoms with Crippen LogP contribution in [0.1, 0.15) is 29.8 Å². The van der Waals surface area contributed by atoms with Crippen LogP contribution in [0.25, 0.3) is 0 Å². The second kappa shape index (κ2) is 5.24. The summed E-state index contributed by atoms with van der Waals surface area (Å²) in [5.41, 5.74) is -0.838. The molecule has 0 aliphatic heterocycles. The number of hydrogen-bond donors (Lipinski definition) is 0. The minimum atomic E-state index is -4.49. The van der Waals surface area contributed by atoms with Crippen LogP contribution in [-0.2, 0) is 6.18 Å². The maximum Gasteiger partial charge on any atom is 0.417 e. The van der Waals surface area contributed by atoms with Crippen LogP contribution in [0.5, 0.6) is 5.75 Å². The molecule has 6 heteroatoms. The number of hydrogen-bond acceptors (Lipinski definition) is 2. The molecule has 0 saturated carbocycles. The first-order valence-corrected chi connectivity index (χ1v) is 5.89. The molecular formula is C11H10F3IO2. The Labute approximate surface area is 110 Å². The minimum Gasteiger partial charge on any atom is -0.493 e. The number of ether oxygens (including phenoxy) is 1.